The van der Waals surface area contributed by atoms with E-state index in [1.165, 1.54) is 0 Å². The van der Waals surface area contributed by atoms with Gasteiger partial charge in [0.15, 0.2) is 15.9 Å². The van der Waals surface area contributed by atoms with Crippen LogP contribution in [0.2, 0.25) is 0 Å². The van der Waals surface area contributed by atoms with Gasteiger partial charge in [-0.25, -0.2) is 8.42 Å². The molecule has 1 aliphatic heterocycles. The predicted octanol–water partition coefficient (Wildman–Crippen LogP) is 0.629. The first-order valence-electron chi connectivity index (χ1n) is 6.57. The predicted molar refractivity (Wildman–Crippen MR) is 76.4 cm³/mol. The molecule has 0 aliphatic carbocycles. The number of hydrogen-bond donors (Lipinski definition) is 1. The number of nitrogens with one attached hydrogen (secondary N) is 1. The largest absolute Gasteiger partial charge is 0.481 e. The molecule has 0 bridgehead atoms. The maximum Gasteiger partial charge on any atom is 0.261 e. The molecule has 0 aromatic heterocycles. The van der Waals surface area contributed by atoms with Crippen molar-refractivity contribution in [2.45, 2.75) is 25.5 Å². The van der Waals surface area contributed by atoms with E-state index in [0.717, 1.165) is 0 Å². The number of rotatable bonds is 4. The number of amides is 1. The summed E-state index contributed by atoms with van der Waals surface area (Å²) in [6.45, 7) is 1.58. The van der Waals surface area contributed by atoms with Crippen LogP contribution >= 0.6 is 0 Å². The second-order valence-corrected chi connectivity index (χ2v) is 7.24. The molecule has 1 heterocycles. The Labute approximate surface area is 123 Å². The van der Waals surface area contributed by atoms with Crippen molar-refractivity contribution in [1.29, 1.82) is 5.26 Å². The first kappa shape index (κ1) is 15.3. The molecule has 1 aromatic carbocycles. The van der Waals surface area contributed by atoms with Gasteiger partial charge in [-0.15, -0.1) is 0 Å². The van der Waals surface area contributed by atoms with E-state index >= 15 is 0 Å². The van der Waals surface area contributed by atoms with Gasteiger partial charge < -0.3 is 10.1 Å². The number of ether oxygens (including phenoxy) is 1. The molecule has 2 atom stereocenters. The summed E-state index contributed by atoms with van der Waals surface area (Å²) in [6, 6.07) is 8.15. The van der Waals surface area contributed by atoms with Crippen LogP contribution in [0.15, 0.2) is 24.3 Å². The van der Waals surface area contributed by atoms with Gasteiger partial charge >= 0.3 is 0 Å². The topological polar surface area (TPSA) is 96.3 Å². The zero-order valence-corrected chi connectivity index (χ0v) is 12.4. The molecule has 21 heavy (non-hydrogen) atoms. The monoisotopic (exact) mass is 308 g/mol. The Bertz CT molecular complexity index is 678. The third kappa shape index (κ3) is 4.20. The van der Waals surface area contributed by atoms with Crippen molar-refractivity contribution < 1.29 is 17.9 Å². The van der Waals surface area contributed by atoms with Crippen molar-refractivity contribution in [3.05, 3.63) is 29.8 Å². The molecule has 0 saturated carbocycles. The van der Waals surface area contributed by atoms with Crippen molar-refractivity contribution in [3.63, 3.8) is 0 Å². The molecule has 7 heteroatoms. The summed E-state index contributed by atoms with van der Waals surface area (Å²) < 4.78 is 28.1. The van der Waals surface area contributed by atoms with Crippen molar-refractivity contribution in [2.24, 2.45) is 0 Å². The van der Waals surface area contributed by atoms with Crippen LogP contribution in [0.4, 0.5) is 0 Å². The van der Waals surface area contributed by atoms with Gasteiger partial charge in [0.1, 0.15) is 5.75 Å². The van der Waals surface area contributed by atoms with Gasteiger partial charge in [0, 0.05) is 6.04 Å². The average Bonchev–Trinajstić information content (AvgIpc) is 2.78. The minimum absolute atomic E-state index is 0.0185. The molecule has 112 valence electrons. The third-order valence-corrected chi connectivity index (χ3v) is 4.99. The Morgan fingerprint density at radius 1 is 1.52 bits per heavy atom. The van der Waals surface area contributed by atoms with Gasteiger partial charge in [-0.05, 0) is 31.5 Å². The van der Waals surface area contributed by atoms with Crippen LogP contribution in [0.3, 0.4) is 0 Å². The van der Waals surface area contributed by atoms with Crippen LogP contribution in [0, 0.1) is 11.3 Å². The lowest BCUT2D eigenvalue weighted by Crippen LogP contribution is -2.43. The van der Waals surface area contributed by atoms with E-state index in [-0.39, 0.29) is 23.5 Å². The maximum atomic E-state index is 12.0. The summed E-state index contributed by atoms with van der Waals surface area (Å²) in [6.07, 6.45) is -0.327. The summed E-state index contributed by atoms with van der Waals surface area (Å²) in [5, 5.41) is 11.5. The zero-order valence-electron chi connectivity index (χ0n) is 11.6. The lowest BCUT2D eigenvalue weighted by Gasteiger charge is -2.17. The number of hydrogen-bond acceptors (Lipinski definition) is 5. The van der Waals surface area contributed by atoms with Crippen molar-refractivity contribution in [3.8, 4) is 11.8 Å². The lowest BCUT2D eigenvalue weighted by atomic mass is 10.2. The number of benzene rings is 1. The maximum absolute atomic E-state index is 12.0. The van der Waals surface area contributed by atoms with E-state index in [4.69, 9.17) is 10.00 Å². The number of carbonyl (C=O) groups excluding carboxylic acids is 1. The number of nitrogens with zero attached hydrogens (tertiary/aromatic N) is 1. The van der Waals surface area contributed by atoms with Crippen LogP contribution in [0.1, 0.15) is 18.9 Å². The van der Waals surface area contributed by atoms with Gasteiger partial charge in [-0.3, -0.25) is 4.79 Å². The highest BCUT2D eigenvalue weighted by Gasteiger charge is 2.30. The summed E-state index contributed by atoms with van der Waals surface area (Å²) in [7, 11) is -3.03. The number of nitriles is 1. The minimum atomic E-state index is -3.03. The summed E-state index contributed by atoms with van der Waals surface area (Å²) in [5.41, 5.74) is 0.446. The molecule has 0 spiro atoms. The van der Waals surface area contributed by atoms with Crippen LogP contribution < -0.4 is 10.1 Å². The van der Waals surface area contributed by atoms with Gasteiger partial charge in [-0.2, -0.15) is 5.26 Å². The van der Waals surface area contributed by atoms with E-state index in [1.807, 2.05) is 6.07 Å². The van der Waals surface area contributed by atoms with E-state index < -0.39 is 15.9 Å². The van der Waals surface area contributed by atoms with Crippen LogP contribution in [-0.2, 0) is 14.6 Å². The average molecular weight is 308 g/mol. The highest BCUT2D eigenvalue weighted by atomic mass is 32.2. The fourth-order valence-electron chi connectivity index (χ4n) is 2.12. The SMILES string of the molecule is C[C@@H](Oc1cccc(C#N)c1)C(=O)N[C@@H]1CCS(=O)(=O)C1. The van der Waals surface area contributed by atoms with Gasteiger partial charge in [-0.1, -0.05) is 6.07 Å². The molecule has 1 amide bonds. The molecular weight excluding hydrogens is 292 g/mol. The van der Waals surface area contributed by atoms with Gasteiger partial charge in [0.25, 0.3) is 5.91 Å². The molecule has 1 saturated heterocycles. The zero-order chi connectivity index (χ0) is 15.5. The molecule has 1 aliphatic rings. The second-order valence-electron chi connectivity index (χ2n) is 5.01. The fraction of sp³-hybridized carbons (Fsp3) is 0.429. The van der Waals surface area contributed by atoms with Crippen molar-refractivity contribution in [1.82, 2.24) is 5.32 Å². The molecule has 0 radical (unpaired) electrons. The Hall–Kier alpha value is -2.07. The quantitative estimate of drug-likeness (QED) is 0.880. The van der Waals surface area contributed by atoms with Gasteiger partial charge in [0.05, 0.1) is 23.1 Å². The fourth-order valence-corrected chi connectivity index (χ4v) is 3.80. The molecule has 1 fully saturated rings. The summed E-state index contributed by atoms with van der Waals surface area (Å²) in [4.78, 5) is 12.0. The highest BCUT2D eigenvalue weighted by molar-refractivity contribution is 7.91. The first-order valence-corrected chi connectivity index (χ1v) is 8.39. The molecule has 1 N–H and O–H groups in total. The summed E-state index contributed by atoms with van der Waals surface area (Å²) in [5.74, 6) is 0.155. The van der Waals surface area contributed by atoms with Crippen LogP contribution in [0.25, 0.3) is 0 Å². The molecular formula is C14H16N2O4S. The number of sulfone groups is 1. The van der Waals surface area contributed by atoms with E-state index in [0.29, 0.717) is 17.7 Å². The summed E-state index contributed by atoms with van der Waals surface area (Å²) >= 11 is 0. The second kappa shape index (κ2) is 6.14. The Morgan fingerprint density at radius 3 is 2.90 bits per heavy atom. The molecule has 6 nitrogen and oxygen atoms in total. The Morgan fingerprint density at radius 2 is 2.29 bits per heavy atom. The van der Waals surface area contributed by atoms with Crippen LogP contribution in [-0.4, -0.2) is 38.0 Å². The molecule has 0 unspecified atom stereocenters. The van der Waals surface area contributed by atoms with Crippen LogP contribution in [0.5, 0.6) is 5.75 Å². The third-order valence-electron chi connectivity index (χ3n) is 3.22. The van der Waals surface area contributed by atoms with E-state index in [2.05, 4.69) is 5.32 Å². The lowest BCUT2D eigenvalue weighted by molar-refractivity contribution is -0.127. The van der Waals surface area contributed by atoms with E-state index in [9.17, 15) is 13.2 Å². The molecule has 1 aromatic rings. The van der Waals surface area contributed by atoms with Crippen molar-refractivity contribution >= 4 is 15.7 Å². The van der Waals surface area contributed by atoms with Crippen molar-refractivity contribution in [2.75, 3.05) is 11.5 Å². The van der Waals surface area contributed by atoms with E-state index in [1.54, 1.807) is 31.2 Å². The highest BCUT2D eigenvalue weighted by Crippen LogP contribution is 2.15. The first-order chi connectivity index (χ1) is 9.89. The normalized spacial score (nSPS) is 21.2. The smallest absolute Gasteiger partial charge is 0.261 e. The Kier molecular flexibility index (Phi) is 4.48. The molecule has 2 rings (SSSR count). The van der Waals surface area contributed by atoms with Gasteiger partial charge in [0.2, 0.25) is 0 Å². The standard InChI is InChI=1S/C14H16N2O4S/c1-10(20-13-4-2-3-11(7-13)8-15)14(17)16-12-5-6-21(18,19)9-12/h2-4,7,10,12H,5-6,9H2,1H3,(H,16,17)/t10-,12-/m1/s1. The minimum Gasteiger partial charge on any atom is -0.481 e. The number of carbonyl (C=O) groups is 1. The Balaban J connectivity index is 1.92.